The molecule has 0 saturated carbocycles. The van der Waals surface area contributed by atoms with Crippen LogP contribution in [-0.2, 0) is 9.84 Å². The van der Waals surface area contributed by atoms with Gasteiger partial charge in [0.25, 0.3) is 5.91 Å². The van der Waals surface area contributed by atoms with Crippen LogP contribution >= 0.6 is 11.6 Å². The molecule has 0 fully saturated rings. The number of anilines is 1. The molecule has 8 heteroatoms. The Morgan fingerprint density at radius 1 is 1.50 bits per heavy atom. The Kier molecular flexibility index (Phi) is 4.53. The zero-order valence-electron chi connectivity index (χ0n) is 10.1. The van der Waals surface area contributed by atoms with Gasteiger partial charge in [0, 0.05) is 19.8 Å². The Morgan fingerprint density at radius 3 is 2.67 bits per heavy atom. The highest BCUT2D eigenvalue weighted by molar-refractivity contribution is 7.90. The van der Waals surface area contributed by atoms with Crippen molar-refractivity contribution in [2.24, 2.45) is 0 Å². The summed E-state index contributed by atoms with van der Waals surface area (Å²) in [5, 5.41) is 0.181. The van der Waals surface area contributed by atoms with Crippen LogP contribution in [0.2, 0.25) is 5.02 Å². The molecule has 0 radical (unpaired) electrons. The first kappa shape index (κ1) is 14.7. The van der Waals surface area contributed by atoms with E-state index in [1.807, 2.05) is 0 Å². The maximum Gasteiger partial charge on any atom is 0.273 e. The Balaban J connectivity index is 2.83. The van der Waals surface area contributed by atoms with Gasteiger partial charge in [0.15, 0.2) is 0 Å². The molecule has 1 heterocycles. The van der Waals surface area contributed by atoms with Crippen LogP contribution in [0.3, 0.4) is 0 Å². The zero-order valence-corrected chi connectivity index (χ0v) is 11.6. The molecular formula is C10H14ClN3O3S. The van der Waals surface area contributed by atoms with Crippen LogP contribution in [0.1, 0.15) is 10.5 Å². The molecule has 1 aromatic heterocycles. The van der Waals surface area contributed by atoms with Gasteiger partial charge in [-0.15, -0.1) is 0 Å². The number of pyridine rings is 1. The molecule has 0 aliphatic carbocycles. The van der Waals surface area contributed by atoms with E-state index in [1.165, 1.54) is 24.1 Å². The maximum absolute atomic E-state index is 12.0. The van der Waals surface area contributed by atoms with Crippen LogP contribution in [-0.4, -0.2) is 49.8 Å². The van der Waals surface area contributed by atoms with Crippen LogP contribution < -0.4 is 5.73 Å². The number of amides is 1. The number of nitrogens with zero attached hydrogens (tertiary/aromatic N) is 2. The van der Waals surface area contributed by atoms with Crippen molar-refractivity contribution >= 4 is 33.2 Å². The minimum atomic E-state index is -3.13. The second-order valence-electron chi connectivity index (χ2n) is 3.92. The molecule has 0 unspecified atom stereocenters. The molecule has 0 aliphatic heterocycles. The third-order valence-corrected chi connectivity index (χ3v) is 3.44. The second-order valence-corrected chi connectivity index (χ2v) is 6.59. The van der Waals surface area contributed by atoms with Gasteiger partial charge in [-0.3, -0.25) is 4.79 Å². The van der Waals surface area contributed by atoms with Crippen LogP contribution in [0.25, 0.3) is 0 Å². The van der Waals surface area contributed by atoms with E-state index in [-0.39, 0.29) is 28.8 Å². The smallest absolute Gasteiger partial charge is 0.273 e. The average molecular weight is 292 g/mol. The van der Waals surface area contributed by atoms with Gasteiger partial charge < -0.3 is 10.6 Å². The first-order valence-corrected chi connectivity index (χ1v) is 7.50. The number of aromatic nitrogens is 1. The number of hydrogen-bond donors (Lipinski definition) is 1. The van der Waals surface area contributed by atoms with E-state index in [9.17, 15) is 13.2 Å². The zero-order chi connectivity index (χ0) is 13.9. The van der Waals surface area contributed by atoms with Crippen molar-refractivity contribution < 1.29 is 13.2 Å². The predicted molar refractivity (Wildman–Crippen MR) is 70.3 cm³/mol. The van der Waals surface area contributed by atoms with Gasteiger partial charge in [0.1, 0.15) is 21.3 Å². The Hall–Kier alpha value is -1.34. The summed E-state index contributed by atoms with van der Waals surface area (Å²) in [6, 6.07) is 2.96. The van der Waals surface area contributed by atoms with Gasteiger partial charge in [-0.1, -0.05) is 11.6 Å². The van der Waals surface area contributed by atoms with Crippen molar-refractivity contribution in [2.75, 3.05) is 31.3 Å². The van der Waals surface area contributed by atoms with Crippen molar-refractivity contribution in [1.82, 2.24) is 9.88 Å². The fourth-order valence-corrected chi connectivity index (χ4v) is 1.98. The van der Waals surface area contributed by atoms with Gasteiger partial charge in [0.2, 0.25) is 0 Å². The van der Waals surface area contributed by atoms with Crippen molar-refractivity contribution in [3.8, 4) is 0 Å². The Morgan fingerprint density at radius 2 is 2.11 bits per heavy atom. The lowest BCUT2D eigenvalue weighted by Gasteiger charge is -2.16. The molecule has 6 nitrogen and oxygen atoms in total. The fraction of sp³-hybridized carbons (Fsp3) is 0.400. The van der Waals surface area contributed by atoms with Gasteiger partial charge >= 0.3 is 0 Å². The molecule has 1 amide bonds. The van der Waals surface area contributed by atoms with Crippen LogP contribution in [0.15, 0.2) is 12.1 Å². The van der Waals surface area contributed by atoms with E-state index in [1.54, 1.807) is 0 Å². The maximum atomic E-state index is 12.0. The third-order valence-electron chi connectivity index (χ3n) is 2.21. The quantitative estimate of drug-likeness (QED) is 0.868. The molecule has 0 saturated heterocycles. The van der Waals surface area contributed by atoms with Crippen LogP contribution in [0, 0.1) is 0 Å². The van der Waals surface area contributed by atoms with E-state index in [4.69, 9.17) is 17.3 Å². The molecule has 0 spiro atoms. The SMILES string of the molecule is CN(CCS(C)(=O)=O)C(=O)c1nc(N)ccc1Cl. The van der Waals surface area contributed by atoms with Crippen LogP contribution in [0.5, 0.6) is 0 Å². The number of nitrogen functional groups attached to an aromatic ring is 1. The van der Waals surface area contributed by atoms with Crippen molar-refractivity contribution in [1.29, 1.82) is 0 Å². The number of hydrogen-bond acceptors (Lipinski definition) is 5. The predicted octanol–water partition coefficient (Wildman–Crippen LogP) is 0.434. The van der Waals surface area contributed by atoms with Gasteiger partial charge in [-0.2, -0.15) is 0 Å². The highest BCUT2D eigenvalue weighted by Gasteiger charge is 2.18. The number of rotatable bonds is 4. The summed E-state index contributed by atoms with van der Waals surface area (Å²) in [7, 11) is -1.64. The van der Waals surface area contributed by atoms with E-state index in [0.717, 1.165) is 6.26 Å². The highest BCUT2D eigenvalue weighted by Crippen LogP contribution is 2.16. The monoisotopic (exact) mass is 291 g/mol. The molecule has 0 aromatic carbocycles. The minimum absolute atomic E-state index is 0.0210. The minimum Gasteiger partial charge on any atom is -0.384 e. The number of sulfone groups is 1. The molecule has 0 atom stereocenters. The van der Waals surface area contributed by atoms with Gasteiger partial charge in [-0.05, 0) is 12.1 Å². The molecule has 1 aromatic rings. The summed E-state index contributed by atoms with van der Waals surface area (Å²) < 4.78 is 22.0. The lowest BCUT2D eigenvalue weighted by Crippen LogP contribution is -2.32. The normalized spacial score (nSPS) is 11.3. The number of carbonyl (C=O) groups excluding carboxylic acids is 1. The number of carbonyl (C=O) groups is 1. The van der Waals surface area contributed by atoms with E-state index >= 15 is 0 Å². The summed E-state index contributed by atoms with van der Waals surface area (Å²) in [6.45, 7) is 0.0739. The number of nitrogens with two attached hydrogens (primary N) is 1. The van der Waals surface area contributed by atoms with E-state index < -0.39 is 15.7 Å². The van der Waals surface area contributed by atoms with Crippen molar-refractivity contribution in [2.45, 2.75) is 0 Å². The molecule has 1 rings (SSSR count). The summed E-state index contributed by atoms with van der Waals surface area (Å²) >= 11 is 5.84. The molecular weight excluding hydrogens is 278 g/mol. The first-order chi connectivity index (χ1) is 8.20. The standard InChI is InChI=1S/C10H14ClN3O3S/c1-14(5-6-18(2,16)17)10(15)9-7(11)3-4-8(12)13-9/h3-4H,5-6H2,1-2H3,(H2,12,13). The molecule has 100 valence electrons. The topological polar surface area (TPSA) is 93.4 Å². The second kappa shape index (κ2) is 5.53. The van der Waals surface area contributed by atoms with E-state index in [2.05, 4.69) is 4.98 Å². The van der Waals surface area contributed by atoms with Gasteiger partial charge in [-0.25, -0.2) is 13.4 Å². The Labute approximate surface area is 111 Å². The average Bonchev–Trinajstić information content (AvgIpc) is 2.27. The largest absolute Gasteiger partial charge is 0.384 e. The van der Waals surface area contributed by atoms with Gasteiger partial charge in [0.05, 0.1) is 10.8 Å². The molecule has 18 heavy (non-hydrogen) atoms. The lowest BCUT2D eigenvalue weighted by atomic mass is 10.3. The van der Waals surface area contributed by atoms with Crippen molar-refractivity contribution in [3.05, 3.63) is 22.8 Å². The Bertz CT molecular complexity index is 559. The van der Waals surface area contributed by atoms with E-state index in [0.29, 0.717) is 0 Å². The lowest BCUT2D eigenvalue weighted by molar-refractivity contribution is 0.0798. The molecule has 0 aliphatic rings. The van der Waals surface area contributed by atoms with Crippen LogP contribution in [0.4, 0.5) is 5.82 Å². The third kappa shape index (κ3) is 4.15. The summed E-state index contributed by atoms with van der Waals surface area (Å²) in [6.07, 6.45) is 1.11. The molecule has 0 bridgehead atoms. The molecule has 2 N–H and O–H groups in total. The summed E-state index contributed by atoms with van der Waals surface area (Å²) in [5.74, 6) is -0.398. The summed E-state index contributed by atoms with van der Waals surface area (Å²) in [4.78, 5) is 17.1. The number of halogens is 1. The fourth-order valence-electron chi connectivity index (χ4n) is 1.19. The van der Waals surface area contributed by atoms with Crippen molar-refractivity contribution in [3.63, 3.8) is 0 Å². The first-order valence-electron chi connectivity index (χ1n) is 5.06. The highest BCUT2D eigenvalue weighted by atomic mass is 35.5. The summed E-state index contributed by atoms with van der Waals surface area (Å²) in [5.41, 5.74) is 5.49.